The molecule has 3 fully saturated rings. The van der Waals surface area contributed by atoms with E-state index in [-0.39, 0.29) is 5.41 Å². The van der Waals surface area contributed by atoms with Gasteiger partial charge in [-0.3, -0.25) is 0 Å². The van der Waals surface area contributed by atoms with Crippen LogP contribution in [0.3, 0.4) is 0 Å². The monoisotopic (exact) mass is 238 g/mol. The summed E-state index contributed by atoms with van der Waals surface area (Å²) in [5.74, 6) is 3.18. The first-order valence-corrected chi connectivity index (χ1v) is 7.25. The molecule has 2 N–H and O–H groups in total. The second kappa shape index (κ2) is 3.48. The molecule has 17 heavy (non-hydrogen) atoms. The third-order valence-electron chi connectivity index (χ3n) is 6.50. The van der Waals surface area contributed by atoms with Gasteiger partial charge in [0.1, 0.15) is 0 Å². The van der Waals surface area contributed by atoms with Gasteiger partial charge in [-0.15, -0.1) is 0 Å². The van der Waals surface area contributed by atoms with Crippen molar-refractivity contribution in [3.63, 3.8) is 0 Å². The third kappa shape index (κ3) is 1.46. The third-order valence-corrected chi connectivity index (χ3v) is 6.50. The molecule has 0 bridgehead atoms. The molecule has 3 aliphatic carbocycles. The Kier molecular flexibility index (Phi) is 2.45. The Bertz CT molecular complexity index is 325. The molecule has 3 rings (SSSR count). The molecule has 0 radical (unpaired) electrons. The summed E-state index contributed by atoms with van der Waals surface area (Å²) in [4.78, 5) is 0. The minimum Gasteiger partial charge on any atom is -0.396 e. The van der Waals surface area contributed by atoms with Gasteiger partial charge in [-0.05, 0) is 61.2 Å². The van der Waals surface area contributed by atoms with Crippen LogP contribution in [0.2, 0.25) is 0 Å². The number of hydrogen-bond donors (Lipinski definition) is 2. The van der Waals surface area contributed by atoms with E-state index in [0.29, 0.717) is 30.3 Å². The van der Waals surface area contributed by atoms with E-state index < -0.39 is 5.60 Å². The fraction of sp³-hybridized carbons (Fsp3) is 1.00. The van der Waals surface area contributed by atoms with Crippen molar-refractivity contribution in [1.29, 1.82) is 0 Å². The van der Waals surface area contributed by atoms with Gasteiger partial charge in [0.05, 0.1) is 5.60 Å². The van der Waals surface area contributed by atoms with Gasteiger partial charge in [-0.2, -0.15) is 0 Å². The van der Waals surface area contributed by atoms with E-state index in [4.69, 9.17) is 0 Å². The lowest BCUT2D eigenvalue weighted by atomic mass is 9.74. The zero-order valence-corrected chi connectivity index (χ0v) is 11.3. The maximum Gasteiger partial charge on any atom is 0.0650 e. The lowest BCUT2D eigenvalue weighted by molar-refractivity contribution is -0.0327. The maximum absolute atomic E-state index is 10.7. The summed E-state index contributed by atoms with van der Waals surface area (Å²) in [5.41, 5.74) is -0.294. The average molecular weight is 238 g/mol. The van der Waals surface area contributed by atoms with E-state index in [1.165, 1.54) is 12.8 Å². The van der Waals surface area contributed by atoms with Crippen molar-refractivity contribution in [2.45, 2.75) is 52.1 Å². The van der Waals surface area contributed by atoms with Crippen LogP contribution in [0.15, 0.2) is 0 Å². The Labute approximate surface area is 104 Å². The van der Waals surface area contributed by atoms with Crippen LogP contribution in [0, 0.1) is 35.0 Å². The highest BCUT2D eigenvalue weighted by molar-refractivity contribution is 5.16. The smallest absolute Gasteiger partial charge is 0.0650 e. The topological polar surface area (TPSA) is 40.5 Å². The Morgan fingerprint density at radius 1 is 1.12 bits per heavy atom. The highest BCUT2D eigenvalue weighted by Gasteiger charge is 2.68. The van der Waals surface area contributed by atoms with Crippen LogP contribution in [0.5, 0.6) is 0 Å². The van der Waals surface area contributed by atoms with Crippen LogP contribution < -0.4 is 0 Å². The number of hydrogen-bond acceptors (Lipinski definition) is 2. The molecular weight excluding hydrogens is 212 g/mol. The average Bonchev–Trinajstić information content (AvgIpc) is 2.70. The maximum atomic E-state index is 10.7. The van der Waals surface area contributed by atoms with Crippen molar-refractivity contribution < 1.29 is 10.2 Å². The summed E-state index contributed by atoms with van der Waals surface area (Å²) >= 11 is 0. The zero-order valence-electron chi connectivity index (χ0n) is 11.3. The van der Waals surface area contributed by atoms with Gasteiger partial charge in [0.2, 0.25) is 0 Å². The molecule has 0 heterocycles. The summed E-state index contributed by atoms with van der Waals surface area (Å²) in [6.07, 6.45) is 4.48. The summed E-state index contributed by atoms with van der Waals surface area (Å²) in [6.45, 7) is 6.98. The van der Waals surface area contributed by atoms with Crippen LogP contribution in [0.4, 0.5) is 0 Å². The van der Waals surface area contributed by atoms with E-state index in [1.807, 2.05) is 6.92 Å². The van der Waals surface area contributed by atoms with E-state index in [9.17, 15) is 10.2 Å². The quantitative estimate of drug-likeness (QED) is 0.736. The molecule has 7 atom stereocenters. The molecule has 3 aliphatic rings. The van der Waals surface area contributed by atoms with E-state index in [0.717, 1.165) is 18.8 Å². The predicted molar refractivity (Wildman–Crippen MR) is 67.4 cm³/mol. The van der Waals surface area contributed by atoms with Crippen LogP contribution >= 0.6 is 0 Å². The zero-order chi connectivity index (χ0) is 12.4. The normalized spacial score (nSPS) is 61.6. The molecule has 2 nitrogen and oxygen atoms in total. The predicted octanol–water partition coefficient (Wildman–Crippen LogP) is 2.44. The van der Waals surface area contributed by atoms with Gasteiger partial charge in [0.25, 0.3) is 0 Å². The fourth-order valence-electron chi connectivity index (χ4n) is 5.33. The van der Waals surface area contributed by atoms with Gasteiger partial charge in [0, 0.05) is 6.61 Å². The minimum absolute atomic E-state index is 0.165. The molecule has 3 saturated carbocycles. The fourth-order valence-corrected chi connectivity index (χ4v) is 5.33. The lowest BCUT2D eigenvalue weighted by Crippen LogP contribution is -2.38. The second-order valence-electron chi connectivity index (χ2n) is 7.43. The van der Waals surface area contributed by atoms with E-state index in [2.05, 4.69) is 13.8 Å². The number of aliphatic hydroxyl groups is 2. The molecule has 0 aromatic carbocycles. The number of fused-ring (bicyclic) bond motifs is 3. The van der Waals surface area contributed by atoms with Crippen molar-refractivity contribution >= 4 is 0 Å². The molecule has 0 aromatic rings. The van der Waals surface area contributed by atoms with Crippen LogP contribution in [0.1, 0.15) is 46.5 Å². The molecule has 98 valence electrons. The lowest BCUT2D eigenvalue weighted by Gasteiger charge is -2.35. The molecule has 0 unspecified atom stereocenters. The Hall–Kier alpha value is -0.0800. The van der Waals surface area contributed by atoms with Crippen LogP contribution in [-0.2, 0) is 0 Å². The molecule has 0 aromatic heterocycles. The van der Waals surface area contributed by atoms with E-state index in [1.54, 1.807) is 0 Å². The first-order valence-electron chi connectivity index (χ1n) is 7.25. The van der Waals surface area contributed by atoms with Crippen molar-refractivity contribution in [3.8, 4) is 0 Å². The first kappa shape index (κ1) is 12.0. The highest BCUT2D eigenvalue weighted by Crippen LogP contribution is 2.71. The van der Waals surface area contributed by atoms with Crippen LogP contribution in [-0.4, -0.2) is 22.4 Å². The SMILES string of the molecule is C[C@@H]1CC[C@H]2[C@H]1[C@H]1[C@@H](CC[C@]2(C)O)[C@@]1(C)CO. The highest BCUT2D eigenvalue weighted by atomic mass is 16.3. The Morgan fingerprint density at radius 3 is 2.47 bits per heavy atom. The van der Waals surface area contributed by atoms with E-state index >= 15 is 0 Å². The molecule has 0 amide bonds. The first-order chi connectivity index (χ1) is 7.92. The second-order valence-corrected chi connectivity index (χ2v) is 7.43. The summed E-state index contributed by atoms with van der Waals surface area (Å²) in [7, 11) is 0. The van der Waals surface area contributed by atoms with Crippen molar-refractivity contribution in [2.24, 2.45) is 35.0 Å². The van der Waals surface area contributed by atoms with Gasteiger partial charge < -0.3 is 10.2 Å². The standard InChI is InChI=1S/C15H26O2/c1-9-4-5-10-12(9)13-11(14(13,2)8-16)6-7-15(10,3)17/h9-13,16-17H,4-8H2,1-3H3/t9-,10+,11-,12+,13-,14-,15+/m1/s1. The summed E-state index contributed by atoms with van der Waals surface area (Å²) in [5, 5.41) is 20.3. The Morgan fingerprint density at radius 2 is 1.82 bits per heavy atom. The van der Waals surface area contributed by atoms with Crippen molar-refractivity contribution in [2.75, 3.05) is 6.61 Å². The molecule has 2 heteroatoms. The number of rotatable bonds is 1. The van der Waals surface area contributed by atoms with Gasteiger partial charge in [0.15, 0.2) is 0 Å². The molecule has 0 saturated heterocycles. The van der Waals surface area contributed by atoms with Gasteiger partial charge in [-0.1, -0.05) is 20.3 Å². The molecule has 0 spiro atoms. The van der Waals surface area contributed by atoms with Gasteiger partial charge >= 0.3 is 0 Å². The van der Waals surface area contributed by atoms with Crippen molar-refractivity contribution in [3.05, 3.63) is 0 Å². The summed E-state index contributed by atoms with van der Waals surface area (Å²) in [6, 6.07) is 0. The minimum atomic E-state index is -0.459. The molecule has 0 aliphatic heterocycles. The largest absolute Gasteiger partial charge is 0.396 e. The van der Waals surface area contributed by atoms with Gasteiger partial charge in [-0.25, -0.2) is 0 Å². The molecular formula is C15H26O2. The Balaban J connectivity index is 1.93. The van der Waals surface area contributed by atoms with Crippen LogP contribution in [0.25, 0.3) is 0 Å². The summed E-state index contributed by atoms with van der Waals surface area (Å²) < 4.78 is 0. The number of aliphatic hydroxyl groups excluding tert-OH is 1. The van der Waals surface area contributed by atoms with Crippen molar-refractivity contribution in [1.82, 2.24) is 0 Å².